The van der Waals surface area contributed by atoms with Crippen LogP contribution in [0.15, 0.2) is 18.2 Å². The molecule has 0 unspecified atom stereocenters. The van der Waals surface area contributed by atoms with Crippen LogP contribution in [0.1, 0.15) is 0 Å². The average molecular weight is 207 g/mol. The molecule has 0 aliphatic carbocycles. The number of nitrogens with two attached hydrogens (primary N) is 1. The summed E-state index contributed by atoms with van der Waals surface area (Å²) in [7, 11) is 0. The van der Waals surface area contributed by atoms with Crippen molar-refractivity contribution in [2.75, 3.05) is 5.73 Å². The number of aromatic nitrogens is 2. The molecule has 0 saturated heterocycles. The van der Waals surface area contributed by atoms with Gasteiger partial charge in [0.1, 0.15) is 5.82 Å². The SMILES string of the molecule is Nc1cc(-c2ccc(O)c(O)c2O)[nH]n1. The molecule has 6 heteroatoms. The van der Waals surface area contributed by atoms with Gasteiger partial charge in [-0.1, -0.05) is 0 Å². The van der Waals surface area contributed by atoms with Crippen molar-refractivity contribution >= 4 is 5.82 Å². The van der Waals surface area contributed by atoms with Crippen LogP contribution in [0.2, 0.25) is 0 Å². The van der Waals surface area contributed by atoms with Crippen LogP contribution in [0.3, 0.4) is 0 Å². The first-order valence-electron chi connectivity index (χ1n) is 4.14. The van der Waals surface area contributed by atoms with Gasteiger partial charge in [-0.3, -0.25) is 5.10 Å². The molecular weight excluding hydrogens is 198 g/mol. The highest BCUT2D eigenvalue weighted by Crippen LogP contribution is 2.41. The smallest absolute Gasteiger partial charge is 0.200 e. The van der Waals surface area contributed by atoms with Gasteiger partial charge in [-0.25, -0.2) is 0 Å². The zero-order valence-corrected chi connectivity index (χ0v) is 7.60. The highest BCUT2D eigenvalue weighted by molar-refractivity contribution is 5.74. The molecule has 0 saturated carbocycles. The Morgan fingerprint density at radius 3 is 2.47 bits per heavy atom. The summed E-state index contributed by atoms with van der Waals surface area (Å²) in [4.78, 5) is 0. The van der Waals surface area contributed by atoms with E-state index in [9.17, 15) is 10.2 Å². The number of nitrogen functional groups attached to an aromatic ring is 1. The minimum atomic E-state index is -0.569. The predicted octanol–water partition coefficient (Wildman–Crippen LogP) is 0.776. The summed E-state index contributed by atoms with van der Waals surface area (Å²) in [6, 6.07) is 4.21. The van der Waals surface area contributed by atoms with Gasteiger partial charge in [-0.05, 0) is 12.1 Å². The molecule has 6 nitrogen and oxygen atoms in total. The number of hydrogen-bond donors (Lipinski definition) is 5. The Hall–Kier alpha value is -2.37. The first kappa shape index (κ1) is 9.20. The second-order valence-electron chi connectivity index (χ2n) is 3.04. The highest BCUT2D eigenvalue weighted by atomic mass is 16.3. The molecule has 0 aliphatic rings. The summed E-state index contributed by atoms with van der Waals surface area (Å²) in [6.07, 6.45) is 0. The van der Waals surface area contributed by atoms with Crippen LogP contribution >= 0.6 is 0 Å². The Labute approximate surface area is 84.6 Å². The molecule has 0 radical (unpaired) electrons. The van der Waals surface area contributed by atoms with Crippen molar-refractivity contribution in [1.29, 1.82) is 0 Å². The number of aromatic amines is 1. The Balaban J connectivity index is 2.59. The van der Waals surface area contributed by atoms with E-state index in [1.807, 2.05) is 0 Å². The lowest BCUT2D eigenvalue weighted by molar-refractivity contribution is 0.369. The topological polar surface area (TPSA) is 115 Å². The van der Waals surface area contributed by atoms with Crippen LogP contribution in [0.25, 0.3) is 11.3 Å². The standard InChI is InChI=1S/C9H9N3O3/c10-7-3-5(11-12-7)4-1-2-6(13)9(15)8(4)14/h1-3,13-15H,(H3,10,11,12). The largest absolute Gasteiger partial charge is 0.504 e. The summed E-state index contributed by atoms with van der Waals surface area (Å²) >= 11 is 0. The fourth-order valence-electron chi connectivity index (χ4n) is 1.26. The lowest BCUT2D eigenvalue weighted by atomic mass is 10.1. The Morgan fingerprint density at radius 2 is 1.87 bits per heavy atom. The second kappa shape index (κ2) is 3.09. The number of phenols is 3. The summed E-state index contributed by atoms with van der Waals surface area (Å²) in [5.41, 5.74) is 6.17. The summed E-state index contributed by atoms with van der Waals surface area (Å²) < 4.78 is 0. The van der Waals surface area contributed by atoms with Gasteiger partial charge in [0.25, 0.3) is 0 Å². The Bertz CT molecular complexity index is 507. The first-order chi connectivity index (χ1) is 7.09. The van der Waals surface area contributed by atoms with E-state index < -0.39 is 11.5 Å². The minimum Gasteiger partial charge on any atom is -0.504 e. The predicted molar refractivity (Wildman–Crippen MR) is 53.4 cm³/mol. The Morgan fingerprint density at radius 1 is 1.13 bits per heavy atom. The van der Waals surface area contributed by atoms with Gasteiger partial charge in [0.05, 0.1) is 5.69 Å². The molecule has 0 aliphatic heterocycles. The normalized spacial score (nSPS) is 10.4. The maximum Gasteiger partial charge on any atom is 0.200 e. The number of H-pyrrole nitrogens is 1. The van der Waals surface area contributed by atoms with Crippen LogP contribution in [-0.4, -0.2) is 25.5 Å². The third-order valence-electron chi connectivity index (χ3n) is 2.02. The van der Waals surface area contributed by atoms with E-state index in [1.54, 1.807) is 0 Å². The van der Waals surface area contributed by atoms with Crippen LogP contribution in [-0.2, 0) is 0 Å². The summed E-state index contributed by atoms with van der Waals surface area (Å²) in [6.45, 7) is 0. The van der Waals surface area contributed by atoms with E-state index >= 15 is 0 Å². The van der Waals surface area contributed by atoms with Crippen LogP contribution in [0, 0.1) is 0 Å². The van der Waals surface area contributed by atoms with Gasteiger partial charge >= 0.3 is 0 Å². The highest BCUT2D eigenvalue weighted by Gasteiger charge is 2.13. The van der Waals surface area contributed by atoms with Gasteiger partial charge < -0.3 is 21.1 Å². The summed E-state index contributed by atoms with van der Waals surface area (Å²) in [5.74, 6) is -1.10. The quantitative estimate of drug-likeness (QED) is 0.443. The number of rotatable bonds is 1. The van der Waals surface area contributed by atoms with Crippen molar-refractivity contribution in [3.63, 3.8) is 0 Å². The average Bonchev–Trinajstić information content (AvgIpc) is 2.61. The molecule has 0 amide bonds. The zero-order valence-electron chi connectivity index (χ0n) is 7.60. The van der Waals surface area contributed by atoms with Crippen LogP contribution in [0.5, 0.6) is 17.2 Å². The van der Waals surface area contributed by atoms with E-state index in [1.165, 1.54) is 18.2 Å². The maximum atomic E-state index is 9.54. The fraction of sp³-hybridized carbons (Fsp3) is 0. The molecule has 15 heavy (non-hydrogen) atoms. The molecule has 0 bridgehead atoms. The van der Waals surface area contributed by atoms with E-state index in [0.29, 0.717) is 11.3 Å². The van der Waals surface area contributed by atoms with Crippen LogP contribution < -0.4 is 5.73 Å². The number of phenolic OH excluding ortho intramolecular Hbond substituents is 3. The fourth-order valence-corrected chi connectivity index (χ4v) is 1.26. The third-order valence-corrected chi connectivity index (χ3v) is 2.02. The van der Waals surface area contributed by atoms with Gasteiger partial charge in [0.15, 0.2) is 11.5 Å². The summed E-state index contributed by atoms with van der Waals surface area (Å²) in [5, 5.41) is 34.2. The molecule has 78 valence electrons. The number of hydrogen-bond acceptors (Lipinski definition) is 5. The van der Waals surface area contributed by atoms with Gasteiger partial charge in [-0.15, -0.1) is 0 Å². The Kier molecular flexibility index (Phi) is 1.89. The van der Waals surface area contributed by atoms with E-state index in [-0.39, 0.29) is 11.6 Å². The number of nitrogens with one attached hydrogen (secondary N) is 1. The van der Waals surface area contributed by atoms with Crippen molar-refractivity contribution in [2.24, 2.45) is 0 Å². The molecule has 2 aromatic rings. The molecule has 0 atom stereocenters. The molecule has 1 aromatic heterocycles. The number of nitrogens with zero attached hydrogens (tertiary/aromatic N) is 1. The van der Waals surface area contributed by atoms with Crippen molar-refractivity contribution in [1.82, 2.24) is 10.2 Å². The van der Waals surface area contributed by atoms with E-state index in [0.717, 1.165) is 0 Å². The molecule has 2 rings (SSSR count). The van der Waals surface area contributed by atoms with Crippen LogP contribution in [0.4, 0.5) is 5.82 Å². The third kappa shape index (κ3) is 1.41. The van der Waals surface area contributed by atoms with Gasteiger partial charge in [0.2, 0.25) is 5.75 Å². The van der Waals surface area contributed by atoms with E-state index in [4.69, 9.17) is 10.8 Å². The minimum absolute atomic E-state index is 0.275. The number of aromatic hydroxyl groups is 3. The maximum absolute atomic E-state index is 9.54. The second-order valence-corrected chi connectivity index (χ2v) is 3.04. The van der Waals surface area contributed by atoms with Crippen molar-refractivity contribution in [2.45, 2.75) is 0 Å². The van der Waals surface area contributed by atoms with Crippen molar-refractivity contribution < 1.29 is 15.3 Å². The first-order valence-corrected chi connectivity index (χ1v) is 4.14. The molecule has 0 spiro atoms. The van der Waals surface area contributed by atoms with Crippen molar-refractivity contribution in [3.8, 4) is 28.5 Å². The molecule has 0 fully saturated rings. The number of benzene rings is 1. The van der Waals surface area contributed by atoms with Gasteiger partial charge in [-0.2, -0.15) is 5.10 Å². The lowest BCUT2D eigenvalue weighted by Crippen LogP contribution is -1.81. The van der Waals surface area contributed by atoms with Gasteiger partial charge in [0, 0.05) is 11.6 Å². The molecule has 6 N–H and O–H groups in total. The monoisotopic (exact) mass is 207 g/mol. The molecule has 1 heterocycles. The van der Waals surface area contributed by atoms with E-state index in [2.05, 4.69) is 10.2 Å². The lowest BCUT2D eigenvalue weighted by Gasteiger charge is -2.04. The van der Waals surface area contributed by atoms with Crippen molar-refractivity contribution in [3.05, 3.63) is 18.2 Å². The zero-order chi connectivity index (χ0) is 11.0. The molecule has 1 aromatic carbocycles. The number of anilines is 1. The molecular formula is C9H9N3O3.